The molecule has 1 rings (SSSR count). The second-order valence-corrected chi connectivity index (χ2v) is 5.09. The third kappa shape index (κ3) is 4.43. The van der Waals surface area contributed by atoms with E-state index in [4.69, 9.17) is 11.6 Å². The van der Waals surface area contributed by atoms with E-state index in [-0.39, 0.29) is 11.7 Å². The Morgan fingerprint density at radius 2 is 2.27 bits per heavy atom. The maximum atomic E-state index is 13.0. The number of benzene rings is 1. The fraction of sp³-hybridized carbons (Fsp3) is 0.500. The SMILES string of the molecule is CCSCCC(CCl)c1cccc(F)c1. The van der Waals surface area contributed by atoms with Gasteiger partial charge in [-0.25, -0.2) is 4.39 Å². The van der Waals surface area contributed by atoms with Gasteiger partial charge in [-0.05, 0) is 41.5 Å². The van der Waals surface area contributed by atoms with Crippen molar-refractivity contribution in [2.24, 2.45) is 0 Å². The van der Waals surface area contributed by atoms with E-state index < -0.39 is 0 Å². The molecule has 15 heavy (non-hydrogen) atoms. The van der Waals surface area contributed by atoms with Crippen LogP contribution in [0.2, 0.25) is 0 Å². The predicted molar refractivity (Wildman–Crippen MR) is 67.5 cm³/mol. The zero-order valence-electron chi connectivity index (χ0n) is 8.88. The van der Waals surface area contributed by atoms with Crippen molar-refractivity contribution in [3.8, 4) is 0 Å². The van der Waals surface area contributed by atoms with Gasteiger partial charge in [0.25, 0.3) is 0 Å². The average molecular weight is 247 g/mol. The minimum atomic E-state index is -0.175. The lowest BCUT2D eigenvalue weighted by atomic mass is 9.98. The molecular formula is C12H16ClFS. The highest BCUT2D eigenvalue weighted by Crippen LogP contribution is 2.23. The first-order chi connectivity index (χ1) is 7.27. The Balaban J connectivity index is 2.57. The van der Waals surface area contributed by atoms with Gasteiger partial charge in [0, 0.05) is 5.88 Å². The molecular weight excluding hydrogens is 231 g/mol. The van der Waals surface area contributed by atoms with Crippen molar-refractivity contribution in [3.05, 3.63) is 35.6 Å². The van der Waals surface area contributed by atoms with Crippen LogP contribution in [0.15, 0.2) is 24.3 Å². The molecule has 0 fully saturated rings. The molecule has 1 aromatic carbocycles. The largest absolute Gasteiger partial charge is 0.207 e. The van der Waals surface area contributed by atoms with Gasteiger partial charge in [0.15, 0.2) is 0 Å². The summed E-state index contributed by atoms with van der Waals surface area (Å²) in [5.74, 6) is 2.88. The number of halogens is 2. The van der Waals surface area contributed by atoms with Gasteiger partial charge >= 0.3 is 0 Å². The number of hydrogen-bond acceptors (Lipinski definition) is 1. The van der Waals surface area contributed by atoms with E-state index in [2.05, 4.69) is 6.92 Å². The van der Waals surface area contributed by atoms with Gasteiger partial charge in [-0.2, -0.15) is 11.8 Å². The van der Waals surface area contributed by atoms with E-state index in [0.717, 1.165) is 23.5 Å². The normalized spacial score (nSPS) is 12.7. The van der Waals surface area contributed by atoms with Crippen LogP contribution in [0.25, 0.3) is 0 Å². The van der Waals surface area contributed by atoms with Crippen LogP contribution >= 0.6 is 23.4 Å². The summed E-state index contributed by atoms with van der Waals surface area (Å²) in [6.07, 6.45) is 1.02. The molecule has 0 aliphatic rings. The van der Waals surface area contributed by atoms with Crippen LogP contribution in [-0.2, 0) is 0 Å². The Kier molecular flexibility index (Phi) is 6.11. The first-order valence-electron chi connectivity index (χ1n) is 5.17. The monoisotopic (exact) mass is 246 g/mol. The summed E-state index contributed by atoms with van der Waals surface area (Å²) in [4.78, 5) is 0. The quantitative estimate of drug-likeness (QED) is 0.533. The molecule has 0 aliphatic heterocycles. The van der Waals surface area contributed by atoms with Crippen LogP contribution in [0.1, 0.15) is 24.8 Å². The van der Waals surface area contributed by atoms with Crippen LogP contribution in [0, 0.1) is 5.82 Å². The van der Waals surface area contributed by atoms with Crippen LogP contribution in [0.5, 0.6) is 0 Å². The lowest BCUT2D eigenvalue weighted by molar-refractivity contribution is 0.620. The van der Waals surface area contributed by atoms with Crippen molar-refractivity contribution in [2.45, 2.75) is 19.3 Å². The Morgan fingerprint density at radius 3 is 2.87 bits per heavy atom. The summed E-state index contributed by atoms with van der Waals surface area (Å²) in [7, 11) is 0. The molecule has 0 N–H and O–H groups in total. The first-order valence-corrected chi connectivity index (χ1v) is 6.86. The van der Waals surface area contributed by atoms with E-state index in [1.165, 1.54) is 6.07 Å². The van der Waals surface area contributed by atoms with E-state index in [1.54, 1.807) is 12.1 Å². The highest BCUT2D eigenvalue weighted by atomic mass is 35.5. The molecule has 1 unspecified atom stereocenters. The molecule has 0 nitrogen and oxygen atoms in total. The molecule has 0 heterocycles. The topological polar surface area (TPSA) is 0 Å². The average Bonchev–Trinajstić information content (AvgIpc) is 2.24. The van der Waals surface area contributed by atoms with Gasteiger partial charge in [0.2, 0.25) is 0 Å². The van der Waals surface area contributed by atoms with Crippen molar-refractivity contribution in [1.82, 2.24) is 0 Å². The fourth-order valence-electron chi connectivity index (χ4n) is 1.46. The minimum absolute atomic E-state index is 0.175. The Morgan fingerprint density at radius 1 is 1.47 bits per heavy atom. The van der Waals surface area contributed by atoms with Gasteiger partial charge in [-0.3, -0.25) is 0 Å². The molecule has 0 aromatic heterocycles. The second-order valence-electron chi connectivity index (χ2n) is 3.39. The van der Waals surface area contributed by atoms with Gasteiger partial charge in [0.05, 0.1) is 0 Å². The lowest BCUT2D eigenvalue weighted by Crippen LogP contribution is -2.02. The van der Waals surface area contributed by atoms with Crippen LogP contribution < -0.4 is 0 Å². The summed E-state index contributed by atoms with van der Waals surface area (Å²) < 4.78 is 13.0. The molecule has 0 radical (unpaired) electrons. The van der Waals surface area contributed by atoms with Crippen molar-refractivity contribution < 1.29 is 4.39 Å². The third-order valence-electron chi connectivity index (χ3n) is 2.32. The van der Waals surface area contributed by atoms with Gasteiger partial charge < -0.3 is 0 Å². The molecule has 84 valence electrons. The van der Waals surface area contributed by atoms with Crippen molar-refractivity contribution >= 4 is 23.4 Å². The second kappa shape index (κ2) is 7.13. The lowest BCUT2D eigenvalue weighted by Gasteiger charge is -2.13. The molecule has 0 saturated carbocycles. The van der Waals surface area contributed by atoms with Gasteiger partial charge in [-0.1, -0.05) is 19.1 Å². The zero-order valence-corrected chi connectivity index (χ0v) is 10.5. The number of alkyl halides is 1. The van der Waals surface area contributed by atoms with Gasteiger partial charge in [0.1, 0.15) is 5.82 Å². The first kappa shape index (κ1) is 12.9. The minimum Gasteiger partial charge on any atom is -0.207 e. The standard InChI is InChI=1S/C12H16ClFS/c1-2-15-7-6-11(9-13)10-4-3-5-12(14)8-10/h3-5,8,11H,2,6-7,9H2,1H3. The maximum Gasteiger partial charge on any atom is 0.123 e. The molecule has 0 saturated heterocycles. The highest BCUT2D eigenvalue weighted by molar-refractivity contribution is 7.99. The third-order valence-corrected chi connectivity index (χ3v) is 3.63. The molecule has 1 aromatic rings. The Hall–Kier alpha value is -0.210. The predicted octanol–water partition coefficient (Wildman–Crippen LogP) is 4.29. The highest BCUT2D eigenvalue weighted by Gasteiger charge is 2.10. The fourth-order valence-corrected chi connectivity index (χ4v) is 2.54. The van der Waals surface area contributed by atoms with Crippen LogP contribution in [0.4, 0.5) is 4.39 Å². The summed E-state index contributed by atoms with van der Waals surface area (Å²) in [5.41, 5.74) is 1.02. The smallest absolute Gasteiger partial charge is 0.123 e. The molecule has 0 spiro atoms. The molecule has 3 heteroatoms. The Bertz CT molecular complexity index is 291. The van der Waals surface area contributed by atoms with E-state index in [9.17, 15) is 4.39 Å². The van der Waals surface area contributed by atoms with Gasteiger partial charge in [-0.15, -0.1) is 11.6 Å². The van der Waals surface area contributed by atoms with Crippen LogP contribution in [0.3, 0.4) is 0 Å². The summed E-state index contributed by atoms with van der Waals surface area (Å²) in [5, 5.41) is 0. The molecule has 1 atom stereocenters. The summed E-state index contributed by atoms with van der Waals surface area (Å²) in [6.45, 7) is 2.14. The summed E-state index contributed by atoms with van der Waals surface area (Å²) >= 11 is 7.80. The van der Waals surface area contributed by atoms with Crippen molar-refractivity contribution in [3.63, 3.8) is 0 Å². The molecule has 0 aliphatic carbocycles. The van der Waals surface area contributed by atoms with Crippen molar-refractivity contribution in [2.75, 3.05) is 17.4 Å². The Labute approximate surface area is 100 Å². The zero-order chi connectivity index (χ0) is 11.1. The number of rotatable bonds is 6. The van der Waals surface area contributed by atoms with Crippen LogP contribution in [-0.4, -0.2) is 17.4 Å². The van der Waals surface area contributed by atoms with E-state index >= 15 is 0 Å². The molecule has 0 bridgehead atoms. The maximum absolute atomic E-state index is 13.0. The number of hydrogen-bond donors (Lipinski definition) is 0. The number of thioether (sulfide) groups is 1. The summed E-state index contributed by atoms with van der Waals surface area (Å²) in [6, 6.07) is 6.75. The molecule has 0 amide bonds. The van der Waals surface area contributed by atoms with Crippen molar-refractivity contribution in [1.29, 1.82) is 0 Å². The van der Waals surface area contributed by atoms with E-state index in [1.807, 2.05) is 17.8 Å². The van der Waals surface area contributed by atoms with E-state index in [0.29, 0.717) is 5.88 Å².